The molecule has 6 heteroatoms. The van der Waals surface area contributed by atoms with E-state index < -0.39 is 0 Å². The summed E-state index contributed by atoms with van der Waals surface area (Å²) in [6, 6.07) is 0. The number of hydrogen-bond donors (Lipinski definition) is 1. The fourth-order valence-corrected chi connectivity index (χ4v) is 1.70. The molecule has 1 aromatic heterocycles. The van der Waals surface area contributed by atoms with Gasteiger partial charge in [0, 0.05) is 27.2 Å². The number of aromatic nitrogens is 2. The molecule has 0 aliphatic rings. The summed E-state index contributed by atoms with van der Waals surface area (Å²) in [5.41, 5.74) is 0. The molecule has 0 saturated carbocycles. The zero-order chi connectivity index (χ0) is 15.0. The molecule has 1 aromatic rings. The van der Waals surface area contributed by atoms with Gasteiger partial charge in [-0.1, -0.05) is 13.8 Å². The van der Waals surface area contributed by atoms with Crippen LogP contribution in [-0.4, -0.2) is 54.5 Å². The predicted molar refractivity (Wildman–Crippen MR) is 82.0 cm³/mol. The summed E-state index contributed by atoms with van der Waals surface area (Å²) in [6.45, 7) is 6.16. The highest BCUT2D eigenvalue weighted by Gasteiger charge is 2.14. The Kier molecular flexibility index (Phi) is 6.76. The second-order valence-corrected chi connectivity index (χ2v) is 4.90. The Morgan fingerprint density at radius 1 is 1.25 bits per heavy atom. The SMILES string of the molecule is CCCNc1cncc(N(CCC)CC(=O)N(C)C)n1. The smallest absolute Gasteiger partial charge is 0.241 e. The van der Waals surface area contributed by atoms with Crippen LogP contribution in [0, 0.1) is 0 Å². The van der Waals surface area contributed by atoms with Gasteiger partial charge in [0.15, 0.2) is 0 Å². The number of nitrogens with one attached hydrogen (secondary N) is 1. The molecule has 0 aliphatic heterocycles. The molecule has 6 nitrogen and oxygen atoms in total. The van der Waals surface area contributed by atoms with E-state index in [2.05, 4.69) is 29.1 Å². The van der Waals surface area contributed by atoms with Crippen molar-refractivity contribution in [2.45, 2.75) is 26.7 Å². The van der Waals surface area contributed by atoms with Gasteiger partial charge >= 0.3 is 0 Å². The zero-order valence-electron chi connectivity index (χ0n) is 12.9. The van der Waals surface area contributed by atoms with E-state index in [0.29, 0.717) is 6.54 Å². The molecule has 20 heavy (non-hydrogen) atoms. The first-order valence-electron chi connectivity index (χ1n) is 7.09. The summed E-state index contributed by atoms with van der Waals surface area (Å²) in [6.07, 6.45) is 5.39. The average Bonchev–Trinajstić information content (AvgIpc) is 2.44. The molecule has 0 bridgehead atoms. The third-order valence-corrected chi connectivity index (χ3v) is 2.82. The van der Waals surface area contributed by atoms with Gasteiger partial charge in [-0.3, -0.25) is 9.78 Å². The molecule has 0 unspecified atom stereocenters. The fourth-order valence-electron chi connectivity index (χ4n) is 1.70. The van der Waals surface area contributed by atoms with Crippen LogP contribution in [0.25, 0.3) is 0 Å². The summed E-state index contributed by atoms with van der Waals surface area (Å²) in [7, 11) is 3.52. The Balaban J connectivity index is 2.82. The Morgan fingerprint density at radius 3 is 2.60 bits per heavy atom. The molecule has 1 rings (SSSR count). The van der Waals surface area contributed by atoms with Crippen molar-refractivity contribution < 1.29 is 4.79 Å². The van der Waals surface area contributed by atoms with Gasteiger partial charge in [-0.05, 0) is 12.8 Å². The van der Waals surface area contributed by atoms with Gasteiger partial charge in [-0.15, -0.1) is 0 Å². The van der Waals surface area contributed by atoms with Gasteiger partial charge in [0.2, 0.25) is 5.91 Å². The van der Waals surface area contributed by atoms with E-state index in [1.54, 1.807) is 31.4 Å². The minimum Gasteiger partial charge on any atom is -0.369 e. The third kappa shape index (κ3) is 5.03. The molecule has 1 amide bonds. The van der Waals surface area contributed by atoms with Gasteiger partial charge in [0.1, 0.15) is 11.6 Å². The van der Waals surface area contributed by atoms with Crippen molar-refractivity contribution >= 4 is 17.5 Å². The number of anilines is 2. The number of nitrogens with zero attached hydrogens (tertiary/aromatic N) is 4. The van der Waals surface area contributed by atoms with Crippen LogP contribution in [0.3, 0.4) is 0 Å². The maximum atomic E-state index is 11.9. The van der Waals surface area contributed by atoms with Gasteiger partial charge in [0.05, 0.1) is 18.9 Å². The summed E-state index contributed by atoms with van der Waals surface area (Å²) in [5.74, 6) is 1.55. The van der Waals surface area contributed by atoms with Gasteiger partial charge in [-0.25, -0.2) is 4.98 Å². The van der Waals surface area contributed by atoms with E-state index >= 15 is 0 Å². The van der Waals surface area contributed by atoms with Crippen LogP contribution >= 0.6 is 0 Å². The van der Waals surface area contributed by atoms with Crippen LogP contribution in [0.1, 0.15) is 26.7 Å². The highest BCUT2D eigenvalue weighted by molar-refractivity contribution is 5.80. The molecule has 0 spiro atoms. The van der Waals surface area contributed by atoms with Gasteiger partial charge in [-0.2, -0.15) is 0 Å². The summed E-state index contributed by atoms with van der Waals surface area (Å²) in [5, 5.41) is 3.21. The van der Waals surface area contributed by atoms with Crippen LogP contribution < -0.4 is 10.2 Å². The number of rotatable bonds is 8. The normalized spacial score (nSPS) is 10.2. The number of amides is 1. The van der Waals surface area contributed by atoms with Crippen molar-refractivity contribution in [1.82, 2.24) is 14.9 Å². The molecular formula is C14H25N5O. The molecule has 0 aliphatic carbocycles. The summed E-state index contributed by atoms with van der Waals surface area (Å²) < 4.78 is 0. The monoisotopic (exact) mass is 279 g/mol. The van der Waals surface area contributed by atoms with Crippen molar-refractivity contribution in [3.63, 3.8) is 0 Å². The lowest BCUT2D eigenvalue weighted by molar-refractivity contribution is -0.127. The standard InChI is InChI=1S/C14H25N5O/c1-5-7-16-12-9-15-10-13(17-12)19(8-6-2)11-14(20)18(3)4/h9-10H,5-8,11H2,1-4H3,(H,16,17). The number of likely N-dealkylation sites (N-methyl/N-ethyl adjacent to an activating group) is 1. The zero-order valence-corrected chi connectivity index (χ0v) is 12.9. The maximum Gasteiger partial charge on any atom is 0.241 e. The highest BCUT2D eigenvalue weighted by atomic mass is 16.2. The molecule has 0 aromatic carbocycles. The lowest BCUT2D eigenvalue weighted by atomic mass is 10.3. The molecule has 0 saturated heterocycles. The predicted octanol–water partition coefficient (Wildman–Crippen LogP) is 1.60. The van der Waals surface area contributed by atoms with E-state index in [1.165, 1.54) is 0 Å². The first-order chi connectivity index (χ1) is 9.58. The lowest BCUT2D eigenvalue weighted by Crippen LogP contribution is -2.37. The summed E-state index contributed by atoms with van der Waals surface area (Å²) >= 11 is 0. The molecule has 0 fully saturated rings. The molecule has 112 valence electrons. The lowest BCUT2D eigenvalue weighted by Gasteiger charge is -2.24. The first-order valence-corrected chi connectivity index (χ1v) is 7.09. The van der Waals surface area contributed by atoms with Gasteiger partial charge in [0.25, 0.3) is 0 Å². The quantitative estimate of drug-likeness (QED) is 0.783. The van der Waals surface area contributed by atoms with E-state index in [4.69, 9.17) is 0 Å². The number of hydrogen-bond acceptors (Lipinski definition) is 5. The Labute approximate surface area is 121 Å². The van der Waals surface area contributed by atoms with Crippen molar-refractivity contribution in [2.75, 3.05) is 43.9 Å². The van der Waals surface area contributed by atoms with Crippen molar-refractivity contribution in [3.05, 3.63) is 12.4 Å². The average molecular weight is 279 g/mol. The van der Waals surface area contributed by atoms with Crippen molar-refractivity contribution in [1.29, 1.82) is 0 Å². The van der Waals surface area contributed by atoms with Crippen LogP contribution in [-0.2, 0) is 4.79 Å². The van der Waals surface area contributed by atoms with E-state index in [0.717, 1.165) is 37.6 Å². The first kappa shape index (κ1) is 16.2. The third-order valence-electron chi connectivity index (χ3n) is 2.82. The van der Waals surface area contributed by atoms with Crippen LogP contribution in [0.15, 0.2) is 12.4 Å². The summed E-state index contributed by atoms with van der Waals surface area (Å²) in [4.78, 5) is 24.2. The van der Waals surface area contributed by atoms with Crippen LogP contribution in [0.4, 0.5) is 11.6 Å². The second-order valence-electron chi connectivity index (χ2n) is 4.90. The molecule has 0 atom stereocenters. The van der Waals surface area contributed by atoms with Gasteiger partial charge < -0.3 is 15.1 Å². The van der Waals surface area contributed by atoms with Crippen molar-refractivity contribution in [2.24, 2.45) is 0 Å². The number of carbonyl (C=O) groups excluding carboxylic acids is 1. The van der Waals surface area contributed by atoms with Crippen LogP contribution in [0.5, 0.6) is 0 Å². The van der Waals surface area contributed by atoms with Crippen molar-refractivity contribution in [3.8, 4) is 0 Å². The molecule has 0 radical (unpaired) electrons. The molecule has 1 N–H and O–H groups in total. The minimum atomic E-state index is 0.0622. The van der Waals surface area contributed by atoms with E-state index in [1.807, 2.05) is 4.90 Å². The topological polar surface area (TPSA) is 61.4 Å². The number of carbonyl (C=O) groups is 1. The maximum absolute atomic E-state index is 11.9. The largest absolute Gasteiger partial charge is 0.369 e. The Bertz CT molecular complexity index is 422. The van der Waals surface area contributed by atoms with E-state index in [9.17, 15) is 4.79 Å². The van der Waals surface area contributed by atoms with Crippen LogP contribution in [0.2, 0.25) is 0 Å². The highest BCUT2D eigenvalue weighted by Crippen LogP contribution is 2.13. The Morgan fingerprint density at radius 2 is 2.00 bits per heavy atom. The fraction of sp³-hybridized carbons (Fsp3) is 0.643. The second kappa shape index (κ2) is 8.35. The minimum absolute atomic E-state index is 0.0622. The molecule has 1 heterocycles. The van der Waals surface area contributed by atoms with E-state index in [-0.39, 0.29) is 5.91 Å². The Hall–Kier alpha value is -1.85. The molecular weight excluding hydrogens is 254 g/mol.